The Morgan fingerprint density at radius 1 is 1.31 bits per heavy atom. The van der Waals surface area contributed by atoms with E-state index in [1.54, 1.807) is 11.2 Å². The molecule has 4 nitrogen and oxygen atoms in total. The Bertz CT molecular complexity index is 284. The normalized spacial score (nSPS) is 22.6. The molecule has 1 unspecified atom stereocenters. The highest BCUT2D eigenvalue weighted by molar-refractivity contribution is 7.89. The molecule has 0 aromatic carbocycles. The molecule has 96 valence electrons. The Kier molecular flexibility index (Phi) is 5.72. The van der Waals surface area contributed by atoms with Crippen molar-refractivity contribution in [1.82, 2.24) is 9.62 Å². The van der Waals surface area contributed by atoms with Crippen LogP contribution < -0.4 is 5.32 Å². The summed E-state index contributed by atoms with van der Waals surface area (Å²) in [5.41, 5.74) is 0. The van der Waals surface area contributed by atoms with Gasteiger partial charge in [-0.05, 0) is 32.7 Å². The molecular formula is C11H24N2O2S. The fourth-order valence-electron chi connectivity index (χ4n) is 2.10. The lowest BCUT2D eigenvalue weighted by molar-refractivity contribution is 0.313. The van der Waals surface area contributed by atoms with Crippen molar-refractivity contribution in [2.45, 2.75) is 45.6 Å². The second-order valence-corrected chi connectivity index (χ2v) is 6.66. The zero-order valence-corrected chi connectivity index (χ0v) is 11.2. The highest BCUT2D eigenvalue weighted by Crippen LogP contribution is 2.11. The summed E-state index contributed by atoms with van der Waals surface area (Å²) in [6.45, 7) is 6.05. The van der Waals surface area contributed by atoms with E-state index in [9.17, 15) is 8.42 Å². The van der Waals surface area contributed by atoms with Crippen LogP contribution in [-0.2, 0) is 10.0 Å². The third-order valence-corrected chi connectivity index (χ3v) is 4.92. The first-order chi connectivity index (χ1) is 7.60. The Hall–Kier alpha value is -0.130. The van der Waals surface area contributed by atoms with Crippen LogP contribution in [0.3, 0.4) is 0 Å². The van der Waals surface area contributed by atoms with Gasteiger partial charge in [-0.3, -0.25) is 0 Å². The molecule has 1 saturated heterocycles. The highest BCUT2D eigenvalue weighted by Gasteiger charge is 2.23. The predicted octanol–water partition coefficient (Wildman–Crippen LogP) is 1.19. The number of nitrogens with zero attached hydrogens (tertiary/aromatic N) is 1. The van der Waals surface area contributed by atoms with Crippen LogP contribution in [-0.4, -0.2) is 44.2 Å². The molecule has 0 bridgehead atoms. The molecule has 1 aliphatic rings. The van der Waals surface area contributed by atoms with Crippen molar-refractivity contribution in [1.29, 1.82) is 0 Å². The molecule has 0 saturated carbocycles. The monoisotopic (exact) mass is 248 g/mol. The van der Waals surface area contributed by atoms with Crippen molar-refractivity contribution in [2.75, 3.05) is 25.4 Å². The van der Waals surface area contributed by atoms with Gasteiger partial charge in [-0.2, -0.15) is 0 Å². The van der Waals surface area contributed by atoms with E-state index in [-0.39, 0.29) is 5.75 Å². The average molecular weight is 248 g/mol. The molecule has 0 aromatic rings. The van der Waals surface area contributed by atoms with Crippen LogP contribution in [0.1, 0.15) is 39.5 Å². The van der Waals surface area contributed by atoms with E-state index < -0.39 is 10.0 Å². The summed E-state index contributed by atoms with van der Waals surface area (Å²) in [5.74, 6) is 0.208. The van der Waals surface area contributed by atoms with Gasteiger partial charge in [-0.15, -0.1) is 0 Å². The molecule has 16 heavy (non-hydrogen) atoms. The molecule has 1 rings (SSSR count). The maximum atomic E-state index is 11.9. The standard InChI is InChI=1S/C11H24N2O2S/c1-3-9-13(16(14,15)4-2)10-11-7-5-6-8-12-11/h11-12H,3-10H2,1-2H3. The molecule has 0 aromatic heterocycles. The minimum absolute atomic E-state index is 0.208. The van der Waals surface area contributed by atoms with Gasteiger partial charge in [0.25, 0.3) is 0 Å². The summed E-state index contributed by atoms with van der Waals surface area (Å²) >= 11 is 0. The minimum atomic E-state index is -3.03. The van der Waals surface area contributed by atoms with Crippen molar-refractivity contribution in [2.24, 2.45) is 0 Å². The Morgan fingerprint density at radius 3 is 2.56 bits per heavy atom. The van der Waals surface area contributed by atoms with Crippen LogP contribution in [0.4, 0.5) is 0 Å². The zero-order chi connectivity index (χ0) is 12.0. The van der Waals surface area contributed by atoms with Gasteiger partial charge in [0.2, 0.25) is 10.0 Å². The van der Waals surface area contributed by atoms with Crippen LogP contribution >= 0.6 is 0 Å². The first kappa shape index (κ1) is 13.9. The summed E-state index contributed by atoms with van der Waals surface area (Å²) in [6.07, 6.45) is 4.40. The van der Waals surface area contributed by atoms with E-state index in [2.05, 4.69) is 5.32 Å². The number of sulfonamides is 1. The average Bonchev–Trinajstić information content (AvgIpc) is 2.30. The van der Waals surface area contributed by atoms with E-state index in [0.29, 0.717) is 19.1 Å². The lowest BCUT2D eigenvalue weighted by Crippen LogP contribution is -2.46. The number of hydrogen-bond acceptors (Lipinski definition) is 3. The molecule has 1 atom stereocenters. The molecular weight excluding hydrogens is 224 g/mol. The van der Waals surface area contributed by atoms with E-state index in [1.165, 1.54) is 12.8 Å². The first-order valence-electron chi connectivity index (χ1n) is 6.31. The van der Waals surface area contributed by atoms with Crippen molar-refractivity contribution < 1.29 is 8.42 Å². The van der Waals surface area contributed by atoms with Gasteiger partial charge in [-0.1, -0.05) is 13.3 Å². The van der Waals surface area contributed by atoms with Crippen LogP contribution in [0.2, 0.25) is 0 Å². The second-order valence-electron chi connectivity index (χ2n) is 4.41. The van der Waals surface area contributed by atoms with Crippen molar-refractivity contribution >= 4 is 10.0 Å². The molecule has 1 N–H and O–H groups in total. The van der Waals surface area contributed by atoms with Crippen LogP contribution in [0.15, 0.2) is 0 Å². The third kappa shape index (κ3) is 4.03. The minimum Gasteiger partial charge on any atom is -0.313 e. The Morgan fingerprint density at radius 2 is 2.06 bits per heavy atom. The van der Waals surface area contributed by atoms with Gasteiger partial charge in [0.1, 0.15) is 0 Å². The first-order valence-corrected chi connectivity index (χ1v) is 7.92. The zero-order valence-electron chi connectivity index (χ0n) is 10.4. The molecule has 5 heteroatoms. The fourth-order valence-corrected chi connectivity index (χ4v) is 3.33. The molecule has 0 spiro atoms. The van der Waals surface area contributed by atoms with Crippen molar-refractivity contribution in [3.63, 3.8) is 0 Å². The highest BCUT2D eigenvalue weighted by atomic mass is 32.2. The van der Waals surface area contributed by atoms with Crippen LogP contribution in [0.25, 0.3) is 0 Å². The van der Waals surface area contributed by atoms with Gasteiger partial charge >= 0.3 is 0 Å². The number of rotatable bonds is 6. The van der Waals surface area contributed by atoms with Crippen molar-refractivity contribution in [3.8, 4) is 0 Å². The topological polar surface area (TPSA) is 49.4 Å². The lowest BCUT2D eigenvalue weighted by atomic mass is 10.1. The molecule has 0 aliphatic carbocycles. The Balaban J connectivity index is 2.56. The van der Waals surface area contributed by atoms with E-state index >= 15 is 0 Å². The van der Waals surface area contributed by atoms with Crippen LogP contribution in [0.5, 0.6) is 0 Å². The van der Waals surface area contributed by atoms with Crippen molar-refractivity contribution in [3.05, 3.63) is 0 Å². The van der Waals surface area contributed by atoms with E-state index in [1.807, 2.05) is 6.92 Å². The van der Waals surface area contributed by atoms with E-state index in [0.717, 1.165) is 19.4 Å². The summed E-state index contributed by atoms with van der Waals surface area (Å²) in [6, 6.07) is 0.349. The second kappa shape index (κ2) is 6.57. The molecule has 1 heterocycles. The quantitative estimate of drug-likeness (QED) is 0.768. The lowest BCUT2D eigenvalue weighted by Gasteiger charge is -2.29. The largest absolute Gasteiger partial charge is 0.313 e. The summed E-state index contributed by atoms with van der Waals surface area (Å²) in [7, 11) is -3.03. The third-order valence-electron chi connectivity index (χ3n) is 3.07. The smallest absolute Gasteiger partial charge is 0.213 e. The number of hydrogen-bond donors (Lipinski definition) is 1. The molecule has 1 fully saturated rings. The number of nitrogens with one attached hydrogen (secondary N) is 1. The van der Waals surface area contributed by atoms with Crippen LogP contribution in [0, 0.1) is 0 Å². The molecule has 1 aliphatic heterocycles. The van der Waals surface area contributed by atoms with E-state index in [4.69, 9.17) is 0 Å². The van der Waals surface area contributed by atoms with Gasteiger partial charge < -0.3 is 5.32 Å². The van der Waals surface area contributed by atoms with Gasteiger partial charge in [0.15, 0.2) is 0 Å². The fraction of sp³-hybridized carbons (Fsp3) is 1.00. The summed E-state index contributed by atoms with van der Waals surface area (Å²) in [4.78, 5) is 0. The maximum absolute atomic E-state index is 11.9. The summed E-state index contributed by atoms with van der Waals surface area (Å²) in [5, 5.41) is 3.40. The van der Waals surface area contributed by atoms with Gasteiger partial charge in [-0.25, -0.2) is 12.7 Å². The molecule has 0 amide bonds. The SMILES string of the molecule is CCCN(CC1CCCCN1)S(=O)(=O)CC. The molecule has 0 radical (unpaired) electrons. The van der Waals surface area contributed by atoms with Gasteiger partial charge in [0.05, 0.1) is 5.75 Å². The predicted molar refractivity (Wildman–Crippen MR) is 67.0 cm³/mol. The van der Waals surface area contributed by atoms with Gasteiger partial charge in [0, 0.05) is 19.1 Å². The Labute approximate surface area is 99.5 Å². The summed E-state index contributed by atoms with van der Waals surface area (Å²) < 4.78 is 25.4. The maximum Gasteiger partial charge on any atom is 0.213 e. The number of piperidine rings is 1.